The number of aromatic nitrogens is 1. The average molecular weight is 464 g/mol. The Morgan fingerprint density at radius 2 is 1.68 bits per heavy atom. The van der Waals surface area contributed by atoms with Gasteiger partial charge in [0.15, 0.2) is 24.2 Å². The highest BCUT2D eigenvalue weighted by atomic mass is 16.6. The lowest BCUT2D eigenvalue weighted by atomic mass is 9.49. The summed E-state index contributed by atoms with van der Waals surface area (Å²) in [5, 5.41) is 0. The monoisotopic (exact) mass is 463 g/mol. The molecule has 1 aliphatic heterocycles. The molecule has 1 atom stereocenters. The highest BCUT2D eigenvalue weighted by Crippen LogP contribution is 2.60. The van der Waals surface area contributed by atoms with Crippen molar-refractivity contribution in [3.63, 3.8) is 0 Å². The molecule has 0 radical (unpaired) electrons. The van der Waals surface area contributed by atoms with Gasteiger partial charge >= 0.3 is 5.97 Å². The first-order valence-corrected chi connectivity index (χ1v) is 12.7. The van der Waals surface area contributed by atoms with Gasteiger partial charge in [0.25, 0.3) is 0 Å². The van der Waals surface area contributed by atoms with Gasteiger partial charge in [0.1, 0.15) is 6.61 Å². The quantitative estimate of drug-likeness (QED) is 0.451. The highest BCUT2D eigenvalue weighted by Gasteiger charge is 2.55. The van der Waals surface area contributed by atoms with Gasteiger partial charge in [-0.15, -0.1) is 0 Å². The fourth-order valence-corrected chi connectivity index (χ4v) is 7.44. The molecule has 34 heavy (non-hydrogen) atoms. The number of esters is 1. The molecule has 6 heteroatoms. The Morgan fingerprint density at radius 1 is 1.03 bits per heavy atom. The normalized spacial score (nSPS) is 30.9. The van der Waals surface area contributed by atoms with Gasteiger partial charge in [-0.1, -0.05) is 12.1 Å². The molecule has 4 aliphatic carbocycles. The van der Waals surface area contributed by atoms with Crippen molar-refractivity contribution >= 4 is 11.8 Å². The van der Waals surface area contributed by atoms with Crippen LogP contribution in [-0.2, 0) is 16.1 Å². The minimum absolute atomic E-state index is 0.136. The maximum atomic E-state index is 13.1. The van der Waals surface area contributed by atoms with Crippen LogP contribution in [0.4, 0.5) is 0 Å². The molecule has 6 nitrogen and oxygen atoms in total. The largest absolute Gasteiger partial charge is 0.486 e. The van der Waals surface area contributed by atoms with Crippen molar-refractivity contribution in [3.05, 3.63) is 47.3 Å². The van der Waals surface area contributed by atoms with Crippen LogP contribution in [0.2, 0.25) is 0 Å². The molecule has 4 fully saturated rings. The van der Waals surface area contributed by atoms with Gasteiger partial charge in [-0.2, -0.15) is 0 Å². The second-order valence-electron chi connectivity index (χ2n) is 11.1. The molecule has 2 heterocycles. The molecule has 180 valence electrons. The van der Waals surface area contributed by atoms with Crippen LogP contribution >= 0.6 is 0 Å². The Balaban J connectivity index is 1.11. The molecule has 4 bridgehead atoms. The van der Waals surface area contributed by atoms with E-state index in [0.717, 1.165) is 42.1 Å². The van der Waals surface area contributed by atoms with E-state index >= 15 is 0 Å². The lowest BCUT2D eigenvalue weighted by Gasteiger charge is -2.55. The molecule has 1 aromatic carbocycles. The predicted octanol–water partition coefficient (Wildman–Crippen LogP) is 4.89. The third-order valence-electron chi connectivity index (χ3n) is 8.63. The van der Waals surface area contributed by atoms with E-state index in [2.05, 4.69) is 4.57 Å². The Morgan fingerprint density at radius 3 is 2.35 bits per heavy atom. The first-order valence-electron chi connectivity index (χ1n) is 12.7. The number of hydrogen-bond acceptors (Lipinski definition) is 5. The van der Waals surface area contributed by atoms with Crippen LogP contribution in [0.1, 0.15) is 60.3 Å². The zero-order valence-corrected chi connectivity index (χ0v) is 20.0. The van der Waals surface area contributed by atoms with Crippen molar-refractivity contribution in [3.8, 4) is 11.5 Å². The summed E-state index contributed by atoms with van der Waals surface area (Å²) in [4.78, 5) is 26.2. The SMILES string of the molecule is Cc1cc(C(=O)COC(=O)C23CC4CC(CC(C4)C2)C3)c(C)n1C[C@H]1COc2ccccc2O1. The van der Waals surface area contributed by atoms with Crippen molar-refractivity contribution in [1.82, 2.24) is 4.57 Å². The third kappa shape index (κ3) is 3.71. The summed E-state index contributed by atoms with van der Waals surface area (Å²) in [5.74, 6) is 3.25. The van der Waals surface area contributed by atoms with E-state index < -0.39 is 0 Å². The molecule has 2 aromatic rings. The van der Waals surface area contributed by atoms with Crippen molar-refractivity contribution < 1.29 is 23.8 Å². The maximum absolute atomic E-state index is 13.1. The van der Waals surface area contributed by atoms with E-state index in [9.17, 15) is 9.59 Å². The van der Waals surface area contributed by atoms with Crippen LogP contribution in [0.15, 0.2) is 30.3 Å². The van der Waals surface area contributed by atoms with Crippen molar-refractivity contribution in [2.45, 2.75) is 65.0 Å². The Kier molecular flexibility index (Phi) is 5.23. The highest BCUT2D eigenvalue weighted by molar-refractivity contribution is 5.99. The second kappa shape index (κ2) is 8.17. The zero-order chi connectivity index (χ0) is 23.4. The molecule has 0 spiro atoms. The topological polar surface area (TPSA) is 66.8 Å². The molecule has 1 aromatic heterocycles. The van der Waals surface area contributed by atoms with E-state index in [4.69, 9.17) is 14.2 Å². The summed E-state index contributed by atoms with van der Waals surface area (Å²) in [6.07, 6.45) is 6.54. The Bertz CT molecular complexity index is 1100. The van der Waals surface area contributed by atoms with Gasteiger partial charge in [0.2, 0.25) is 5.78 Å². The molecular formula is C28H33NO5. The van der Waals surface area contributed by atoms with Gasteiger partial charge < -0.3 is 18.8 Å². The van der Waals surface area contributed by atoms with E-state index in [1.54, 1.807) is 0 Å². The van der Waals surface area contributed by atoms with Crippen molar-refractivity contribution in [2.24, 2.45) is 23.2 Å². The Hall–Kier alpha value is -2.76. The van der Waals surface area contributed by atoms with E-state index in [1.807, 2.05) is 44.2 Å². The minimum atomic E-state index is -0.333. The summed E-state index contributed by atoms with van der Waals surface area (Å²) in [6, 6.07) is 9.56. The first kappa shape index (κ1) is 21.8. The van der Waals surface area contributed by atoms with Crippen molar-refractivity contribution in [1.29, 1.82) is 0 Å². The van der Waals surface area contributed by atoms with Gasteiger partial charge in [-0.25, -0.2) is 0 Å². The average Bonchev–Trinajstić information content (AvgIpc) is 3.10. The lowest BCUT2D eigenvalue weighted by molar-refractivity contribution is -0.170. The van der Waals surface area contributed by atoms with Gasteiger partial charge in [-0.05, 0) is 88.3 Å². The van der Waals surface area contributed by atoms with Gasteiger partial charge in [-0.3, -0.25) is 9.59 Å². The van der Waals surface area contributed by atoms with Crippen LogP contribution in [0, 0.1) is 37.0 Å². The van der Waals surface area contributed by atoms with Crippen LogP contribution in [0.25, 0.3) is 0 Å². The number of rotatable bonds is 6. The van der Waals surface area contributed by atoms with Crippen molar-refractivity contribution in [2.75, 3.05) is 13.2 Å². The summed E-state index contributed by atoms with van der Waals surface area (Å²) < 4.78 is 19.7. The summed E-state index contributed by atoms with van der Waals surface area (Å²) in [7, 11) is 0. The Labute approximate surface area is 200 Å². The fraction of sp³-hybridized carbons (Fsp3) is 0.571. The smallest absolute Gasteiger partial charge is 0.312 e. The van der Waals surface area contributed by atoms with Crippen LogP contribution in [0.5, 0.6) is 11.5 Å². The number of para-hydroxylation sites is 2. The summed E-state index contributed by atoms with van der Waals surface area (Å²) in [6.45, 7) is 4.80. The molecule has 0 N–H and O–H groups in total. The standard InChI is InChI=1S/C28H33NO5/c1-17-7-23(18(2)29(17)14-22-15-32-25-5-3-4-6-26(25)34-22)24(30)16-33-27(31)28-11-19-8-20(12-28)10-21(9-19)13-28/h3-7,19-22H,8-16H2,1-2H3/t19?,20?,21?,22-,28?/m0/s1. The summed E-state index contributed by atoms with van der Waals surface area (Å²) in [5.41, 5.74) is 2.14. The number of hydrogen-bond donors (Lipinski definition) is 0. The van der Waals surface area contributed by atoms with E-state index in [0.29, 0.717) is 36.5 Å². The van der Waals surface area contributed by atoms with Gasteiger partial charge in [0, 0.05) is 17.0 Å². The predicted molar refractivity (Wildman–Crippen MR) is 126 cm³/mol. The number of carbonyl (C=O) groups excluding carboxylic acids is 2. The fourth-order valence-electron chi connectivity index (χ4n) is 7.44. The number of aryl methyl sites for hydroxylation is 1. The van der Waals surface area contributed by atoms with Gasteiger partial charge in [0.05, 0.1) is 12.0 Å². The molecule has 4 saturated carbocycles. The number of nitrogens with zero attached hydrogens (tertiary/aromatic N) is 1. The lowest BCUT2D eigenvalue weighted by Crippen LogP contribution is -2.50. The number of Topliss-reactive ketones (excluding diaryl/α,β-unsaturated/α-hetero) is 1. The number of carbonyl (C=O) groups is 2. The first-order chi connectivity index (χ1) is 16.4. The van der Waals surface area contributed by atoms with E-state index in [1.165, 1.54) is 19.3 Å². The molecule has 0 unspecified atom stereocenters. The minimum Gasteiger partial charge on any atom is -0.486 e. The summed E-state index contributed by atoms with van der Waals surface area (Å²) >= 11 is 0. The number of ether oxygens (including phenoxy) is 3. The third-order valence-corrected chi connectivity index (χ3v) is 8.63. The molecule has 0 saturated heterocycles. The van der Waals surface area contributed by atoms with Crippen LogP contribution < -0.4 is 9.47 Å². The number of benzene rings is 1. The van der Waals surface area contributed by atoms with E-state index in [-0.39, 0.29) is 29.9 Å². The molecule has 5 aliphatic rings. The number of ketones is 1. The molecular weight excluding hydrogens is 430 g/mol. The second-order valence-corrected chi connectivity index (χ2v) is 11.1. The molecule has 0 amide bonds. The zero-order valence-electron chi connectivity index (χ0n) is 20.0. The molecule has 7 rings (SSSR count). The van der Waals surface area contributed by atoms with Crippen LogP contribution in [-0.4, -0.2) is 35.6 Å². The maximum Gasteiger partial charge on any atom is 0.312 e. The number of fused-ring (bicyclic) bond motifs is 1. The van der Waals surface area contributed by atoms with Crippen LogP contribution in [0.3, 0.4) is 0 Å².